The van der Waals surface area contributed by atoms with Gasteiger partial charge in [0.25, 0.3) is 0 Å². The summed E-state index contributed by atoms with van der Waals surface area (Å²) >= 11 is 1.60. The average molecular weight is 313 g/mol. The molecule has 0 aliphatic carbocycles. The molecule has 0 saturated carbocycles. The zero-order valence-corrected chi connectivity index (χ0v) is 13.5. The standard InChI is InChI=1S/C13H19N3O2S2/c1-4-19-13-7-5-6-12(11(13)10-14)15-8-9-20(17,18)16(2)3/h5-7,15H,4,8-9H2,1-3H3. The molecule has 0 bridgehead atoms. The van der Waals surface area contributed by atoms with E-state index in [1.165, 1.54) is 18.4 Å². The number of thioether (sulfide) groups is 1. The molecule has 0 aliphatic rings. The highest BCUT2D eigenvalue weighted by molar-refractivity contribution is 7.99. The molecule has 0 aliphatic heterocycles. The normalized spacial score (nSPS) is 11.3. The van der Waals surface area contributed by atoms with Crippen LogP contribution in [0.3, 0.4) is 0 Å². The predicted molar refractivity (Wildman–Crippen MR) is 83.5 cm³/mol. The highest BCUT2D eigenvalue weighted by atomic mass is 32.2. The Labute approximate surface area is 125 Å². The number of anilines is 1. The van der Waals surface area contributed by atoms with E-state index in [1.807, 2.05) is 19.1 Å². The van der Waals surface area contributed by atoms with Gasteiger partial charge in [0.1, 0.15) is 6.07 Å². The maximum absolute atomic E-state index is 11.7. The molecule has 0 saturated heterocycles. The molecule has 1 aromatic carbocycles. The van der Waals surface area contributed by atoms with Crippen molar-refractivity contribution >= 4 is 27.5 Å². The van der Waals surface area contributed by atoms with E-state index >= 15 is 0 Å². The van der Waals surface area contributed by atoms with Gasteiger partial charge >= 0.3 is 0 Å². The number of hydrogen-bond acceptors (Lipinski definition) is 5. The predicted octanol–water partition coefficient (Wildman–Crippen LogP) is 1.97. The zero-order chi connectivity index (χ0) is 15.2. The lowest BCUT2D eigenvalue weighted by atomic mass is 10.2. The Bertz CT molecular complexity index is 592. The van der Waals surface area contributed by atoms with Gasteiger partial charge in [0.05, 0.1) is 17.0 Å². The Morgan fingerprint density at radius 1 is 1.40 bits per heavy atom. The summed E-state index contributed by atoms with van der Waals surface area (Å²) in [6, 6.07) is 7.73. The molecule has 1 aromatic rings. The van der Waals surface area contributed by atoms with Crippen LogP contribution in [0.1, 0.15) is 12.5 Å². The van der Waals surface area contributed by atoms with Gasteiger partial charge in [-0.3, -0.25) is 0 Å². The summed E-state index contributed by atoms with van der Waals surface area (Å²) < 4.78 is 24.5. The van der Waals surface area contributed by atoms with Gasteiger partial charge in [-0.25, -0.2) is 12.7 Å². The van der Waals surface area contributed by atoms with E-state index in [-0.39, 0.29) is 12.3 Å². The summed E-state index contributed by atoms with van der Waals surface area (Å²) in [4.78, 5) is 0.912. The molecule has 0 spiro atoms. The van der Waals surface area contributed by atoms with Gasteiger partial charge in [-0.15, -0.1) is 11.8 Å². The molecule has 0 unspecified atom stereocenters. The summed E-state index contributed by atoms with van der Waals surface area (Å²) in [5.74, 6) is 0.878. The summed E-state index contributed by atoms with van der Waals surface area (Å²) in [5.41, 5.74) is 1.25. The van der Waals surface area contributed by atoms with Crippen molar-refractivity contribution in [2.24, 2.45) is 0 Å². The monoisotopic (exact) mass is 313 g/mol. The minimum Gasteiger partial charge on any atom is -0.383 e. The molecular weight excluding hydrogens is 294 g/mol. The maximum atomic E-state index is 11.7. The Hall–Kier alpha value is -1.23. The molecule has 110 valence electrons. The van der Waals surface area contributed by atoms with Crippen LogP contribution in [-0.4, -0.2) is 44.9 Å². The van der Waals surface area contributed by atoms with Crippen molar-refractivity contribution in [2.45, 2.75) is 11.8 Å². The Balaban J connectivity index is 2.79. The van der Waals surface area contributed by atoms with Crippen LogP contribution < -0.4 is 5.32 Å². The smallest absolute Gasteiger partial charge is 0.215 e. The SMILES string of the molecule is CCSc1cccc(NCCS(=O)(=O)N(C)C)c1C#N. The number of sulfonamides is 1. The molecule has 20 heavy (non-hydrogen) atoms. The second-order valence-electron chi connectivity index (χ2n) is 4.25. The van der Waals surface area contributed by atoms with E-state index in [4.69, 9.17) is 0 Å². The van der Waals surface area contributed by atoms with Crippen LogP contribution in [0.2, 0.25) is 0 Å². The first-order valence-electron chi connectivity index (χ1n) is 6.22. The highest BCUT2D eigenvalue weighted by Gasteiger charge is 2.14. The first-order chi connectivity index (χ1) is 9.42. The third kappa shape index (κ3) is 4.40. The second-order valence-corrected chi connectivity index (χ2v) is 7.86. The summed E-state index contributed by atoms with van der Waals surface area (Å²) in [6.45, 7) is 2.30. The number of nitriles is 1. The van der Waals surface area contributed by atoms with E-state index in [9.17, 15) is 13.7 Å². The van der Waals surface area contributed by atoms with E-state index in [0.29, 0.717) is 11.3 Å². The first-order valence-corrected chi connectivity index (χ1v) is 8.81. The van der Waals surface area contributed by atoms with Gasteiger partial charge < -0.3 is 5.32 Å². The zero-order valence-electron chi connectivity index (χ0n) is 11.9. The quantitative estimate of drug-likeness (QED) is 0.779. The minimum absolute atomic E-state index is 0.00395. The lowest BCUT2D eigenvalue weighted by Gasteiger charge is -2.13. The molecule has 0 radical (unpaired) electrons. The second kappa shape index (κ2) is 7.53. The summed E-state index contributed by atoms with van der Waals surface area (Å²) in [7, 11) is -0.209. The Morgan fingerprint density at radius 3 is 2.65 bits per heavy atom. The van der Waals surface area contributed by atoms with Crippen LogP contribution in [0.25, 0.3) is 0 Å². The van der Waals surface area contributed by atoms with Gasteiger partial charge in [-0.2, -0.15) is 5.26 Å². The lowest BCUT2D eigenvalue weighted by Crippen LogP contribution is -2.28. The molecule has 0 heterocycles. The number of nitrogens with one attached hydrogen (secondary N) is 1. The van der Waals surface area contributed by atoms with Crippen LogP contribution in [0.4, 0.5) is 5.69 Å². The third-order valence-corrected chi connectivity index (χ3v) is 5.44. The number of rotatable bonds is 7. The van der Waals surface area contributed by atoms with E-state index < -0.39 is 10.0 Å². The van der Waals surface area contributed by atoms with E-state index in [0.717, 1.165) is 10.6 Å². The van der Waals surface area contributed by atoms with Crippen LogP contribution in [-0.2, 0) is 10.0 Å². The number of hydrogen-bond donors (Lipinski definition) is 1. The van der Waals surface area contributed by atoms with Gasteiger partial charge in [0.2, 0.25) is 10.0 Å². The van der Waals surface area contributed by atoms with Gasteiger partial charge in [0, 0.05) is 25.5 Å². The van der Waals surface area contributed by atoms with Crippen LogP contribution in [0, 0.1) is 11.3 Å². The molecular formula is C13H19N3O2S2. The third-order valence-electron chi connectivity index (χ3n) is 2.67. The fourth-order valence-corrected chi connectivity index (χ4v) is 3.08. The van der Waals surface area contributed by atoms with Crippen LogP contribution in [0.15, 0.2) is 23.1 Å². The Kier molecular flexibility index (Phi) is 6.33. The molecule has 1 N–H and O–H groups in total. The molecule has 0 fully saturated rings. The van der Waals surface area contributed by atoms with Crippen molar-refractivity contribution in [3.8, 4) is 6.07 Å². The molecule has 0 atom stereocenters. The Morgan fingerprint density at radius 2 is 2.10 bits per heavy atom. The van der Waals surface area contributed by atoms with Crippen molar-refractivity contribution in [3.05, 3.63) is 23.8 Å². The highest BCUT2D eigenvalue weighted by Crippen LogP contribution is 2.27. The summed E-state index contributed by atoms with van der Waals surface area (Å²) in [5, 5.41) is 12.3. The largest absolute Gasteiger partial charge is 0.383 e. The van der Waals surface area contributed by atoms with Crippen molar-refractivity contribution in [3.63, 3.8) is 0 Å². The first kappa shape index (κ1) is 16.8. The van der Waals surface area contributed by atoms with Crippen molar-refractivity contribution < 1.29 is 8.42 Å². The average Bonchev–Trinajstić information content (AvgIpc) is 2.39. The molecule has 1 rings (SSSR count). The topological polar surface area (TPSA) is 73.2 Å². The molecule has 5 nitrogen and oxygen atoms in total. The maximum Gasteiger partial charge on any atom is 0.215 e. The fourth-order valence-electron chi connectivity index (χ4n) is 1.57. The molecule has 0 amide bonds. The van der Waals surface area contributed by atoms with E-state index in [2.05, 4.69) is 11.4 Å². The minimum atomic E-state index is -3.23. The van der Waals surface area contributed by atoms with E-state index in [1.54, 1.807) is 17.8 Å². The van der Waals surface area contributed by atoms with Crippen LogP contribution in [0.5, 0.6) is 0 Å². The number of nitrogens with zero attached hydrogens (tertiary/aromatic N) is 2. The number of benzene rings is 1. The van der Waals surface area contributed by atoms with Crippen LogP contribution >= 0.6 is 11.8 Å². The van der Waals surface area contributed by atoms with Gasteiger partial charge in [-0.1, -0.05) is 13.0 Å². The van der Waals surface area contributed by atoms with Crippen molar-refractivity contribution in [2.75, 3.05) is 37.5 Å². The van der Waals surface area contributed by atoms with Gasteiger partial charge in [-0.05, 0) is 17.9 Å². The fraction of sp³-hybridized carbons (Fsp3) is 0.462. The lowest BCUT2D eigenvalue weighted by molar-refractivity contribution is 0.521. The van der Waals surface area contributed by atoms with Crippen molar-refractivity contribution in [1.82, 2.24) is 4.31 Å². The summed E-state index contributed by atoms with van der Waals surface area (Å²) in [6.07, 6.45) is 0. The molecule has 0 aromatic heterocycles. The van der Waals surface area contributed by atoms with Gasteiger partial charge in [0.15, 0.2) is 0 Å². The molecule has 7 heteroatoms. The van der Waals surface area contributed by atoms with Crippen molar-refractivity contribution in [1.29, 1.82) is 5.26 Å².